The van der Waals surface area contributed by atoms with E-state index in [1.54, 1.807) is 24.3 Å². The summed E-state index contributed by atoms with van der Waals surface area (Å²) in [5, 5.41) is 6.65. The summed E-state index contributed by atoms with van der Waals surface area (Å²) in [5.74, 6) is 1.66. The lowest BCUT2D eigenvalue weighted by Gasteiger charge is -2.30. The zero-order valence-electron chi connectivity index (χ0n) is 17.8. The fraction of sp³-hybridized carbons (Fsp3) is 0.650. The van der Waals surface area contributed by atoms with Gasteiger partial charge in [0.2, 0.25) is 10.0 Å². The number of guanidine groups is 1. The van der Waals surface area contributed by atoms with Crippen molar-refractivity contribution < 1.29 is 8.42 Å². The Morgan fingerprint density at radius 1 is 1.17 bits per heavy atom. The van der Waals surface area contributed by atoms with Crippen LogP contribution >= 0.6 is 24.0 Å². The second-order valence-electron chi connectivity index (χ2n) is 7.35. The van der Waals surface area contributed by atoms with Gasteiger partial charge >= 0.3 is 0 Å². The predicted octanol–water partition coefficient (Wildman–Crippen LogP) is 2.39. The van der Waals surface area contributed by atoms with Gasteiger partial charge in [0, 0.05) is 13.1 Å². The van der Waals surface area contributed by atoms with E-state index in [1.807, 2.05) is 6.92 Å². The van der Waals surface area contributed by atoms with Crippen LogP contribution in [-0.2, 0) is 16.6 Å². The van der Waals surface area contributed by atoms with Gasteiger partial charge in [0.1, 0.15) is 0 Å². The van der Waals surface area contributed by atoms with Crippen molar-refractivity contribution >= 4 is 40.0 Å². The maximum Gasteiger partial charge on any atom is 0.240 e. The van der Waals surface area contributed by atoms with E-state index < -0.39 is 10.0 Å². The molecule has 9 heteroatoms. The Morgan fingerprint density at radius 2 is 1.83 bits per heavy atom. The third-order valence-electron chi connectivity index (χ3n) is 5.09. The molecule has 29 heavy (non-hydrogen) atoms. The number of piperidine rings is 1. The van der Waals surface area contributed by atoms with E-state index >= 15 is 0 Å². The highest BCUT2D eigenvalue weighted by molar-refractivity contribution is 14.0. The number of benzene rings is 1. The van der Waals surface area contributed by atoms with Crippen LogP contribution in [0.15, 0.2) is 34.2 Å². The lowest BCUT2D eigenvalue weighted by molar-refractivity contribution is 0.191. The molecule has 1 fully saturated rings. The molecular weight excluding hydrogens is 501 g/mol. The lowest BCUT2D eigenvalue weighted by atomic mass is 9.99. The van der Waals surface area contributed by atoms with Crippen LogP contribution in [0.5, 0.6) is 0 Å². The molecule has 0 bridgehead atoms. The Morgan fingerprint density at radius 3 is 2.41 bits per heavy atom. The molecule has 1 aliphatic heterocycles. The van der Waals surface area contributed by atoms with Crippen LogP contribution < -0.4 is 15.4 Å². The number of likely N-dealkylation sites (tertiary alicyclic amines) is 1. The average molecular weight is 538 g/mol. The summed E-state index contributed by atoms with van der Waals surface area (Å²) in [6, 6.07) is 6.82. The molecule has 0 aliphatic carbocycles. The van der Waals surface area contributed by atoms with Crippen molar-refractivity contribution in [3.05, 3.63) is 29.8 Å². The second kappa shape index (κ2) is 13.4. The zero-order valence-corrected chi connectivity index (χ0v) is 20.9. The molecular formula is C20H36IN5O2S. The fourth-order valence-electron chi connectivity index (χ4n) is 3.20. The van der Waals surface area contributed by atoms with Gasteiger partial charge in [0.05, 0.1) is 11.4 Å². The van der Waals surface area contributed by atoms with Gasteiger partial charge in [-0.05, 0) is 76.5 Å². The van der Waals surface area contributed by atoms with E-state index in [2.05, 4.69) is 32.2 Å². The van der Waals surface area contributed by atoms with Crippen molar-refractivity contribution in [1.29, 1.82) is 0 Å². The van der Waals surface area contributed by atoms with Crippen LogP contribution in [0.2, 0.25) is 0 Å². The van der Waals surface area contributed by atoms with Gasteiger partial charge in [0.15, 0.2) is 5.96 Å². The first-order valence-corrected chi connectivity index (χ1v) is 11.7. The number of rotatable bonds is 9. The Balaban J connectivity index is 0.00000420. The minimum Gasteiger partial charge on any atom is -0.357 e. The quantitative estimate of drug-likeness (QED) is 0.195. The van der Waals surface area contributed by atoms with Crippen LogP contribution in [0.25, 0.3) is 0 Å². The molecule has 0 unspecified atom stereocenters. The number of aliphatic imine (C=N–C) groups is 1. The zero-order chi connectivity index (χ0) is 20.4. The Labute approximate surface area is 193 Å². The molecule has 3 N–H and O–H groups in total. The molecule has 0 atom stereocenters. The Kier molecular flexibility index (Phi) is 12.1. The molecule has 0 radical (unpaired) electrons. The summed E-state index contributed by atoms with van der Waals surface area (Å²) in [4.78, 5) is 7.42. The van der Waals surface area contributed by atoms with E-state index in [-0.39, 0.29) is 28.9 Å². The summed E-state index contributed by atoms with van der Waals surface area (Å²) in [6.07, 6.45) is 3.72. The molecule has 166 valence electrons. The highest BCUT2D eigenvalue weighted by Crippen LogP contribution is 2.15. The molecule has 1 aromatic carbocycles. The molecule has 7 nitrogen and oxygen atoms in total. The van der Waals surface area contributed by atoms with Gasteiger partial charge in [-0.25, -0.2) is 18.1 Å². The normalized spacial score (nSPS) is 16.3. The average Bonchev–Trinajstić information content (AvgIpc) is 2.71. The first kappa shape index (κ1) is 26.1. The molecule has 1 aliphatic rings. The Bertz CT molecular complexity index is 717. The highest BCUT2D eigenvalue weighted by atomic mass is 127. The highest BCUT2D eigenvalue weighted by Gasteiger charge is 2.14. The van der Waals surface area contributed by atoms with Crippen molar-refractivity contribution in [2.24, 2.45) is 10.9 Å². The van der Waals surface area contributed by atoms with Gasteiger partial charge in [-0.15, -0.1) is 24.0 Å². The van der Waals surface area contributed by atoms with Crippen molar-refractivity contribution in [2.75, 3.05) is 39.8 Å². The summed E-state index contributed by atoms with van der Waals surface area (Å²) in [5.41, 5.74) is 0.967. The minimum atomic E-state index is -3.40. The van der Waals surface area contributed by atoms with E-state index in [0.29, 0.717) is 6.54 Å². The van der Waals surface area contributed by atoms with E-state index in [1.165, 1.54) is 33.0 Å². The van der Waals surface area contributed by atoms with E-state index in [0.717, 1.165) is 43.5 Å². The summed E-state index contributed by atoms with van der Waals surface area (Å²) in [6.45, 7) is 10.1. The van der Waals surface area contributed by atoms with Crippen LogP contribution in [0.4, 0.5) is 0 Å². The summed E-state index contributed by atoms with van der Waals surface area (Å²) >= 11 is 0. The second-order valence-corrected chi connectivity index (χ2v) is 9.24. The first-order chi connectivity index (χ1) is 13.4. The third-order valence-corrected chi connectivity index (χ3v) is 6.52. The molecule has 1 saturated heterocycles. The number of hydrogen-bond donors (Lipinski definition) is 3. The van der Waals surface area contributed by atoms with E-state index in [4.69, 9.17) is 0 Å². The van der Waals surface area contributed by atoms with Gasteiger partial charge < -0.3 is 15.5 Å². The maximum absolute atomic E-state index is 11.8. The predicted molar refractivity (Wildman–Crippen MR) is 130 cm³/mol. The molecule has 2 rings (SSSR count). The van der Waals surface area contributed by atoms with Crippen molar-refractivity contribution in [1.82, 2.24) is 20.3 Å². The molecule has 0 aromatic heterocycles. The summed E-state index contributed by atoms with van der Waals surface area (Å²) in [7, 11) is -1.99. The molecule has 0 saturated carbocycles. The summed E-state index contributed by atoms with van der Waals surface area (Å²) < 4.78 is 25.9. The van der Waals surface area contributed by atoms with Crippen molar-refractivity contribution in [3.8, 4) is 0 Å². The number of nitrogens with one attached hydrogen (secondary N) is 3. The first-order valence-electron chi connectivity index (χ1n) is 10.2. The minimum absolute atomic E-state index is 0. The van der Waals surface area contributed by atoms with Crippen LogP contribution in [0.1, 0.15) is 38.7 Å². The largest absolute Gasteiger partial charge is 0.357 e. The molecule has 1 heterocycles. The molecule has 0 spiro atoms. The lowest BCUT2D eigenvalue weighted by Crippen LogP contribution is -2.39. The van der Waals surface area contributed by atoms with Crippen molar-refractivity contribution in [3.63, 3.8) is 0 Å². The van der Waals surface area contributed by atoms with Gasteiger partial charge in [-0.2, -0.15) is 0 Å². The van der Waals surface area contributed by atoms with Gasteiger partial charge in [-0.1, -0.05) is 19.1 Å². The Hall–Kier alpha value is -0.910. The number of halogens is 1. The molecule has 1 aromatic rings. The smallest absolute Gasteiger partial charge is 0.240 e. The van der Waals surface area contributed by atoms with Crippen molar-refractivity contribution in [2.45, 2.75) is 44.6 Å². The van der Waals surface area contributed by atoms with Crippen LogP contribution in [0.3, 0.4) is 0 Å². The van der Waals surface area contributed by atoms with Gasteiger partial charge in [-0.3, -0.25) is 0 Å². The van der Waals surface area contributed by atoms with Crippen LogP contribution in [0, 0.1) is 5.92 Å². The number of hydrogen-bond acceptors (Lipinski definition) is 4. The fourth-order valence-corrected chi connectivity index (χ4v) is 3.93. The molecule has 0 amide bonds. The van der Waals surface area contributed by atoms with Gasteiger partial charge in [0.25, 0.3) is 0 Å². The topological polar surface area (TPSA) is 85.8 Å². The van der Waals surface area contributed by atoms with Crippen LogP contribution in [-0.4, -0.2) is 59.0 Å². The number of nitrogens with zero attached hydrogens (tertiary/aromatic N) is 2. The third kappa shape index (κ3) is 9.18. The maximum atomic E-state index is 11.8. The standard InChI is InChI=1S/C20H35N5O2S.HI/c1-4-22-20(23-12-5-13-25-14-10-17(2)11-15-25)24-16-18-6-8-19(9-7-18)28(26,27)21-3;/h6-9,17,21H,4-5,10-16H2,1-3H3,(H2,22,23,24);1H. The number of sulfonamides is 1. The van der Waals surface area contributed by atoms with E-state index in [9.17, 15) is 8.42 Å². The monoisotopic (exact) mass is 537 g/mol. The SMILES string of the molecule is CCNC(=NCc1ccc(S(=O)(=O)NC)cc1)NCCCN1CCC(C)CC1.I.